The smallest absolute Gasteiger partial charge is 0.0826 e. The van der Waals surface area contributed by atoms with Gasteiger partial charge >= 0.3 is 0 Å². The summed E-state index contributed by atoms with van der Waals surface area (Å²) < 4.78 is 6.63. The molecule has 1 aromatic rings. The Balaban J connectivity index is 2.80. The van der Waals surface area contributed by atoms with E-state index in [9.17, 15) is 0 Å². The number of aromatic nitrogens is 1. The second-order valence-corrected chi connectivity index (χ2v) is 5.21. The van der Waals surface area contributed by atoms with Crippen LogP contribution in [0, 0.1) is 0 Å². The largest absolute Gasteiger partial charge is 0.377 e. The van der Waals surface area contributed by atoms with Gasteiger partial charge in [0, 0.05) is 30.0 Å². The number of hydrogen-bond acceptors (Lipinski definition) is 3. The molecule has 0 fully saturated rings. The second kappa shape index (κ2) is 6.47. The van der Waals surface area contributed by atoms with Gasteiger partial charge < -0.3 is 10.5 Å². The first-order valence-electron chi connectivity index (χ1n) is 5.98. The predicted molar refractivity (Wildman–Crippen MR) is 73.9 cm³/mol. The summed E-state index contributed by atoms with van der Waals surface area (Å²) in [6.07, 6.45) is 6.25. The average molecular weight is 301 g/mol. The molecule has 0 spiro atoms. The Hall–Kier alpha value is -0.450. The molecule has 17 heavy (non-hydrogen) atoms. The van der Waals surface area contributed by atoms with Crippen LogP contribution in [0.4, 0.5) is 0 Å². The molecule has 3 nitrogen and oxygen atoms in total. The molecule has 1 unspecified atom stereocenters. The number of nitrogens with two attached hydrogens (primary N) is 1. The van der Waals surface area contributed by atoms with Crippen LogP contribution in [0.3, 0.4) is 0 Å². The number of ether oxygens (including phenoxy) is 1. The lowest BCUT2D eigenvalue weighted by molar-refractivity contribution is -0.0374. The minimum atomic E-state index is -0.234. The predicted octanol–water partition coefficient (Wildman–Crippen LogP) is 2.92. The zero-order valence-corrected chi connectivity index (χ0v) is 12.3. The van der Waals surface area contributed by atoms with Gasteiger partial charge in [-0.25, -0.2) is 0 Å². The van der Waals surface area contributed by atoms with Gasteiger partial charge in [-0.3, -0.25) is 4.98 Å². The van der Waals surface area contributed by atoms with Gasteiger partial charge in [-0.2, -0.15) is 0 Å². The molecule has 0 aromatic carbocycles. The molecule has 1 rings (SSSR count). The fraction of sp³-hybridized carbons (Fsp3) is 0.615. The second-order valence-electron chi connectivity index (χ2n) is 4.30. The van der Waals surface area contributed by atoms with E-state index in [1.54, 1.807) is 13.3 Å². The van der Waals surface area contributed by atoms with Crippen LogP contribution in [0.2, 0.25) is 0 Å². The number of rotatable bonds is 6. The number of methoxy groups -OCH3 is 1. The van der Waals surface area contributed by atoms with Gasteiger partial charge in [0.25, 0.3) is 0 Å². The first kappa shape index (κ1) is 14.6. The molecule has 0 radical (unpaired) electrons. The third-order valence-electron chi connectivity index (χ3n) is 3.50. The Morgan fingerprint density at radius 3 is 2.53 bits per heavy atom. The summed E-state index contributed by atoms with van der Waals surface area (Å²) in [6, 6.07) is 2.04. The maximum absolute atomic E-state index is 6.30. The molecule has 96 valence electrons. The fourth-order valence-electron chi connectivity index (χ4n) is 2.22. The summed E-state index contributed by atoms with van der Waals surface area (Å²) in [5.74, 6) is 0. The summed E-state index contributed by atoms with van der Waals surface area (Å²) in [6.45, 7) is 4.23. The molecule has 0 aliphatic heterocycles. The van der Waals surface area contributed by atoms with Gasteiger partial charge in [-0.1, -0.05) is 13.8 Å². The van der Waals surface area contributed by atoms with Crippen LogP contribution in [-0.2, 0) is 11.2 Å². The number of halogens is 1. The van der Waals surface area contributed by atoms with Crippen LogP contribution in [0.1, 0.15) is 32.3 Å². The van der Waals surface area contributed by atoms with E-state index in [1.807, 2.05) is 6.20 Å². The summed E-state index contributed by atoms with van der Waals surface area (Å²) in [4.78, 5) is 4.15. The normalized spacial score (nSPS) is 13.7. The van der Waals surface area contributed by atoms with E-state index in [1.165, 1.54) is 0 Å². The third-order valence-corrected chi connectivity index (χ3v) is 3.93. The number of hydrogen-bond donors (Lipinski definition) is 1. The lowest BCUT2D eigenvalue weighted by Crippen LogP contribution is -2.50. The van der Waals surface area contributed by atoms with Crippen LogP contribution in [0.15, 0.2) is 22.9 Å². The molecule has 0 saturated carbocycles. The minimum absolute atomic E-state index is 0.0152. The molecule has 0 aliphatic rings. The molecule has 1 aromatic heterocycles. The van der Waals surface area contributed by atoms with Crippen molar-refractivity contribution in [2.75, 3.05) is 7.11 Å². The van der Waals surface area contributed by atoms with E-state index in [0.29, 0.717) is 0 Å². The van der Waals surface area contributed by atoms with Crippen LogP contribution < -0.4 is 5.73 Å². The van der Waals surface area contributed by atoms with E-state index >= 15 is 0 Å². The summed E-state index contributed by atoms with van der Waals surface area (Å²) >= 11 is 3.42. The topological polar surface area (TPSA) is 48.1 Å². The Morgan fingerprint density at radius 1 is 1.41 bits per heavy atom. The average Bonchev–Trinajstić information content (AvgIpc) is 2.32. The van der Waals surface area contributed by atoms with Crippen molar-refractivity contribution in [2.45, 2.75) is 44.8 Å². The van der Waals surface area contributed by atoms with E-state index < -0.39 is 0 Å². The van der Waals surface area contributed by atoms with Crippen LogP contribution in [0.25, 0.3) is 0 Å². The zero-order chi connectivity index (χ0) is 12.9. The van der Waals surface area contributed by atoms with E-state index in [4.69, 9.17) is 10.5 Å². The summed E-state index contributed by atoms with van der Waals surface area (Å²) in [5.41, 5.74) is 7.20. The maximum Gasteiger partial charge on any atom is 0.0826 e. The van der Waals surface area contributed by atoms with Gasteiger partial charge in [-0.15, -0.1) is 0 Å². The van der Waals surface area contributed by atoms with Crippen LogP contribution in [-0.4, -0.2) is 23.7 Å². The van der Waals surface area contributed by atoms with Gasteiger partial charge in [0.05, 0.1) is 5.60 Å². The van der Waals surface area contributed by atoms with Crippen molar-refractivity contribution in [3.63, 3.8) is 0 Å². The van der Waals surface area contributed by atoms with Crippen molar-refractivity contribution >= 4 is 15.9 Å². The summed E-state index contributed by atoms with van der Waals surface area (Å²) in [5, 5.41) is 0. The lowest BCUT2D eigenvalue weighted by atomic mass is 9.85. The highest BCUT2D eigenvalue weighted by molar-refractivity contribution is 9.10. The van der Waals surface area contributed by atoms with Crippen molar-refractivity contribution in [3.05, 3.63) is 28.5 Å². The van der Waals surface area contributed by atoms with Crippen molar-refractivity contribution in [1.82, 2.24) is 4.98 Å². The Labute approximate surface area is 112 Å². The van der Waals surface area contributed by atoms with Crippen molar-refractivity contribution in [2.24, 2.45) is 5.73 Å². The van der Waals surface area contributed by atoms with Crippen LogP contribution in [0.5, 0.6) is 0 Å². The minimum Gasteiger partial charge on any atom is -0.377 e. The van der Waals surface area contributed by atoms with Crippen molar-refractivity contribution in [1.29, 1.82) is 0 Å². The molecule has 0 bridgehead atoms. The standard InChI is InChI=1S/C13H21BrN2O/c1-4-13(5-2,17-3)12(15)7-10-6-11(14)9-16-8-10/h6,8-9,12H,4-5,7,15H2,1-3H3. The number of nitrogens with zero attached hydrogens (tertiary/aromatic N) is 1. The molecule has 1 atom stereocenters. The fourth-order valence-corrected chi connectivity index (χ4v) is 2.63. The molecule has 2 N–H and O–H groups in total. The highest BCUT2D eigenvalue weighted by Gasteiger charge is 2.33. The maximum atomic E-state index is 6.30. The lowest BCUT2D eigenvalue weighted by Gasteiger charge is -2.36. The molecular weight excluding hydrogens is 280 g/mol. The van der Waals surface area contributed by atoms with Crippen LogP contribution >= 0.6 is 15.9 Å². The molecule has 0 amide bonds. The van der Waals surface area contributed by atoms with E-state index in [0.717, 1.165) is 29.3 Å². The highest BCUT2D eigenvalue weighted by Crippen LogP contribution is 2.25. The van der Waals surface area contributed by atoms with Gasteiger partial charge in [0.15, 0.2) is 0 Å². The van der Waals surface area contributed by atoms with Gasteiger partial charge in [0.1, 0.15) is 0 Å². The van der Waals surface area contributed by atoms with E-state index in [2.05, 4.69) is 40.8 Å². The Morgan fingerprint density at radius 2 is 2.06 bits per heavy atom. The molecule has 1 heterocycles. The zero-order valence-electron chi connectivity index (χ0n) is 10.7. The highest BCUT2D eigenvalue weighted by atomic mass is 79.9. The molecule has 4 heteroatoms. The SMILES string of the molecule is CCC(CC)(OC)C(N)Cc1cncc(Br)c1. The van der Waals surface area contributed by atoms with Gasteiger partial charge in [0.2, 0.25) is 0 Å². The third kappa shape index (κ3) is 3.50. The Kier molecular flexibility index (Phi) is 5.56. The Bertz CT molecular complexity index is 345. The molecule has 0 saturated heterocycles. The first-order valence-corrected chi connectivity index (χ1v) is 6.77. The number of pyridine rings is 1. The quantitative estimate of drug-likeness (QED) is 0.879. The molecule has 0 aliphatic carbocycles. The van der Waals surface area contributed by atoms with Crippen molar-refractivity contribution in [3.8, 4) is 0 Å². The van der Waals surface area contributed by atoms with E-state index in [-0.39, 0.29) is 11.6 Å². The first-order chi connectivity index (χ1) is 8.07. The van der Waals surface area contributed by atoms with Crippen molar-refractivity contribution < 1.29 is 4.74 Å². The summed E-state index contributed by atoms with van der Waals surface area (Å²) in [7, 11) is 1.74. The monoisotopic (exact) mass is 300 g/mol. The molecular formula is C13H21BrN2O. The van der Waals surface area contributed by atoms with Gasteiger partial charge in [-0.05, 0) is 46.8 Å².